The van der Waals surface area contributed by atoms with Crippen molar-refractivity contribution in [2.75, 3.05) is 7.05 Å². The molecule has 2 N–H and O–H groups in total. The van der Waals surface area contributed by atoms with E-state index >= 15 is 0 Å². The molecule has 0 aliphatic heterocycles. The number of hydrogen-bond donors (Lipinski definition) is 1. The SMILES string of the molecule is CN.Cc1ccc(CC(C)c2ccccc2)c(Cl)c1. The van der Waals surface area contributed by atoms with Crippen molar-refractivity contribution in [1.29, 1.82) is 0 Å². The monoisotopic (exact) mass is 275 g/mol. The molecule has 19 heavy (non-hydrogen) atoms. The third-order valence-corrected chi connectivity index (χ3v) is 3.46. The second-order valence-electron chi connectivity index (χ2n) is 4.61. The van der Waals surface area contributed by atoms with Crippen LogP contribution < -0.4 is 5.73 Å². The minimum absolute atomic E-state index is 0.497. The van der Waals surface area contributed by atoms with Gasteiger partial charge in [-0.05, 0) is 49.1 Å². The van der Waals surface area contributed by atoms with Crippen LogP contribution in [-0.2, 0) is 6.42 Å². The van der Waals surface area contributed by atoms with E-state index in [9.17, 15) is 0 Å². The molecule has 2 heteroatoms. The lowest BCUT2D eigenvalue weighted by molar-refractivity contribution is 0.759. The highest BCUT2D eigenvalue weighted by Crippen LogP contribution is 2.25. The maximum absolute atomic E-state index is 6.26. The van der Waals surface area contributed by atoms with Crippen LogP contribution >= 0.6 is 11.6 Å². The minimum atomic E-state index is 0.497. The van der Waals surface area contributed by atoms with E-state index in [-0.39, 0.29) is 0 Å². The van der Waals surface area contributed by atoms with Crippen molar-refractivity contribution >= 4 is 11.6 Å². The van der Waals surface area contributed by atoms with Crippen LogP contribution in [0.3, 0.4) is 0 Å². The molecule has 2 aromatic rings. The van der Waals surface area contributed by atoms with E-state index in [1.54, 1.807) is 0 Å². The van der Waals surface area contributed by atoms with Gasteiger partial charge in [0.15, 0.2) is 0 Å². The van der Waals surface area contributed by atoms with E-state index in [2.05, 4.69) is 62.0 Å². The molecule has 0 aromatic heterocycles. The fourth-order valence-corrected chi connectivity index (χ4v) is 2.36. The van der Waals surface area contributed by atoms with Gasteiger partial charge in [0.05, 0.1) is 0 Å². The minimum Gasteiger partial charge on any atom is -0.333 e. The van der Waals surface area contributed by atoms with Crippen LogP contribution in [0.15, 0.2) is 48.5 Å². The zero-order valence-electron chi connectivity index (χ0n) is 11.9. The van der Waals surface area contributed by atoms with E-state index in [0.717, 1.165) is 11.4 Å². The van der Waals surface area contributed by atoms with Gasteiger partial charge < -0.3 is 5.73 Å². The van der Waals surface area contributed by atoms with E-state index in [1.165, 1.54) is 23.7 Å². The van der Waals surface area contributed by atoms with Crippen molar-refractivity contribution in [2.24, 2.45) is 5.73 Å². The summed E-state index contributed by atoms with van der Waals surface area (Å²) in [5.74, 6) is 0.497. The van der Waals surface area contributed by atoms with Gasteiger partial charge in [-0.25, -0.2) is 0 Å². The maximum Gasteiger partial charge on any atom is 0.0440 e. The van der Waals surface area contributed by atoms with Crippen LogP contribution in [0, 0.1) is 6.92 Å². The molecule has 0 bridgehead atoms. The number of halogens is 1. The molecular formula is C17H22ClN. The van der Waals surface area contributed by atoms with Gasteiger partial charge in [-0.2, -0.15) is 0 Å². The molecule has 0 heterocycles. The Morgan fingerprint density at radius 1 is 1.05 bits per heavy atom. The molecule has 1 atom stereocenters. The Morgan fingerprint density at radius 3 is 2.26 bits per heavy atom. The molecule has 1 unspecified atom stereocenters. The second-order valence-corrected chi connectivity index (χ2v) is 5.02. The molecule has 1 nitrogen and oxygen atoms in total. The second kappa shape index (κ2) is 7.98. The lowest BCUT2D eigenvalue weighted by Gasteiger charge is -2.13. The van der Waals surface area contributed by atoms with Crippen LogP contribution in [0.2, 0.25) is 5.02 Å². The third kappa shape index (κ3) is 4.70. The van der Waals surface area contributed by atoms with Gasteiger partial charge in [-0.3, -0.25) is 0 Å². The van der Waals surface area contributed by atoms with Crippen molar-refractivity contribution in [2.45, 2.75) is 26.2 Å². The molecular weight excluding hydrogens is 254 g/mol. The smallest absolute Gasteiger partial charge is 0.0440 e. The molecule has 2 aromatic carbocycles. The number of rotatable bonds is 3. The highest BCUT2D eigenvalue weighted by molar-refractivity contribution is 6.31. The summed E-state index contributed by atoms with van der Waals surface area (Å²) in [6, 6.07) is 16.9. The summed E-state index contributed by atoms with van der Waals surface area (Å²) in [4.78, 5) is 0. The van der Waals surface area contributed by atoms with Crippen molar-refractivity contribution < 1.29 is 0 Å². The van der Waals surface area contributed by atoms with Crippen LogP contribution in [0.1, 0.15) is 29.5 Å². The van der Waals surface area contributed by atoms with E-state index < -0.39 is 0 Å². The van der Waals surface area contributed by atoms with Crippen LogP contribution in [0.4, 0.5) is 0 Å². The highest BCUT2D eigenvalue weighted by Gasteiger charge is 2.08. The predicted molar refractivity (Wildman–Crippen MR) is 84.9 cm³/mol. The highest BCUT2D eigenvalue weighted by atomic mass is 35.5. The van der Waals surface area contributed by atoms with Crippen LogP contribution in [0.5, 0.6) is 0 Å². The Bertz CT molecular complexity index is 494. The summed E-state index contributed by atoms with van der Waals surface area (Å²) < 4.78 is 0. The van der Waals surface area contributed by atoms with Gasteiger partial charge in [0, 0.05) is 5.02 Å². The number of benzene rings is 2. The molecule has 0 fully saturated rings. The van der Waals surface area contributed by atoms with Gasteiger partial charge in [0.1, 0.15) is 0 Å². The molecule has 0 saturated heterocycles. The summed E-state index contributed by atoms with van der Waals surface area (Å²) in [5, 5.41) is 0.882. The van der Waals surface area contributed by atoms with Gasteiger partial charge in [0.2, 0.25) is 0 Å². The fraction of sp³-hybridized carbons (Fsp3) is 0.294. The maximum atomic E-state index is 6.26. The first-order valence-corrected chi connectivity index (χ1v) is 6.92. The Kier molecular flexibility index (Phi) is 6.61. The molecule has 0 aliphatic carbocycles. The van der Waals surface area contributed by atoms with Gasteiger partial charge in [-0.1, -0.05) is 61.0 Å². The first-order chi connectivity index (χ1) is 9.16. The molecule has 0 amide bonds. The van der Waals surface area contributed by atoms with Gasteiger partial charge >= 0.3 is 0 Å². The lowest BCUT2D eigenvalue weighted by Crippen LogP contribution is -1.99. The summed E-state index contributed by atoms with van der Waals surface area (Å²) in [6.07, 6.45) is 0.989. The van der Waals surface area contributed by atoms with E-state index in [4.69, 9.17) is 11.6 Å². The van der Waals surface area contributed by atoms with Gasteiger partial charge in [-0.15, -0.1) is 0 Å². The van der Waals surface area contributed by atoms with E-state index in [0.29, 0.717) is 5.92 Å². The largest absolute Gasteiger partial charge is 0.333 e. The van der Waals surface area contributed by atoms with E-state index in [1.807, 2.05) is 6.07 Å². The lowest BCUT2D eigenvalue weighted by atomic mass is 9.93. The predicted octanol–water partition coefficient (Wildman–Crippen LogP) is 4.57. The Balaban J connectivity index is 0.000000861. The molecule has 0 radical (unpaired) electrons. The molecule has 102 valence electrons. The van der Waals surface area contributed by atoms with Gasteiger partial charge in [0.25, 0.3) is 0 Å². The van der Waals surface area contributed by atoms with Crippen molar-refractivity contribution in [3.05, 3.63) is 70.2 Å². The quantitative estimate of drug-likeness (QED) is 0.872. The first-order valence-electron chi connectivity index (χ1n) is 6.54. The Labute approximate surface area is 121 Å². The van der Waals surface area contributed by atoms with Crippen LogP contribution in [0.25, 0.3) is 0 Å². The third-order valence-electron chi connectivity index (χ3n) is 3.10. The standard InChI is InChI=1S/C16H17Cl.CH5N/c1-12-8-9-15(16(17)10-12)11-13(2)14-6-4-3-5-7-14;1-2/h3-10,13H,11H2,1-2H3;2H2,1H3. The summed E-state index contributed by atoms with van der Waals surface area (Å²) >= 11 is 6.26. The fourth-order valence-electron chi connectivity index (χ4n) is 2.05. The number of nitrogens with two attached hydrogens (primary N) is 1. The average Bonchev–Trinajstić information content (AvgIpc) is 2.45. The summed E-state index contributed by atoms with van der Waals surface area (Å²) in [7, 11) is 1.50. The average molecular weight is 276 g/mol. The Hall–Kier alpha value is -1.31. The first kappa shape index (κ1) is 15.7. The van der Waals surface area contributed by atoms with Crippen molar-refractivity contribution in [3.8, 4) is 0 Å². The number of hydrogen-bond acceptors (Lipinski definition) is 1. The Morgan fingerprint density at radius 2 is 1.68 bits per heavy atom. The zero-order chi connectivity index (χ0) is 14.3. The van der Waals surface area contributed by atoms with Crippen molar-refractivity contribution in [3.63, 3.8) is 0 Å². The summed E-state index contributed by atoms with van der Waals surface area (Å²) in [6.45, 7) is 4.31. The van der Waals surface area contributed by atoms with Crippen molar-refractivity contribution in [1.82, 2.24) is 0 Å². The normalized spacial score (nSPS) is 11.4. The molecule has 2 rings (SSSR count). The topological polar surface area (TPSA) is 26.0 Å². The number of aryl methyl sites for hydroxylation is 1. The van der Waals surface area contributed by atoms with Crippen LogP contribution in [-0.4, -0.2) is 7.05 Å². The summed E-state index contributed by atoms with van der Waals surface area (Å²) in [5.41, 5.74) is 8.31. The zero-order valence-corrected chi connectivity index (χ0v) is 12.6. The molecule has 0 spiro atoms. The molecule has 0 aliphatic rings. The molecule has 0 saturated carbocycles.